The molecular weight excluding hydrogens is 322 g/mol. The van der Waals surface area contributed by atoms with Gasteiger partial charge in [-0.25, -0.2) is 4.98 Å². The fourth-order valence-electron chi connectivity index (χ4n) is 2.50. The lowest BCUT2D eigenvalue weighted by atomic mass is 10.1. The molecule has 1 aliphatic heterocycles. The largest absolute Gasteiger partial charge is 0.470 e. The van der Waals surface area contributed by atoms with Crippen LogP contribution < -0.4 is 4.74 Å². The highest BCUT2D eigenvalue weighted by Crippen LogP contribution is 2.26. The first-order valence-corrected chi connectivity index (χ1v) is 8.74. The molecule has 0 bridgehead atoms. The Hall–Kier alpha value is -2.52. The van der Waals surface area contributed by atoms with E-state index in [4.69, 9.17) is 10.00 Å². The minimum atomic E-state index is -0.123. The van der Waals surface area contributed by atoms with Gasteiger partial charge in [-0.15, -0.1) is 11.8 Å². The minimum Gasteiger partial charge on any atom is -0.470 e. The molecule has 1 fully saturated rings. The van der Waals surface area contributed by atoms with E-state index in [1.807, 2.05) is 24.3 Å². The topological polar surface area (TPSA) is 66.2 Å². The van der Waals surface area contributed by atoms with Crippen LogP contribution in [0.4, 0.5) is 0 Å². The van der Waals surface area contributed by atoms with Crippen LogP contribution in [-0.4, -0.2) is 40.7 Å². The molecule has 2 aromatic rings. The van der Waals surface area contributed by atoms with Crippen molar-refractivity contribution in [1.82, 2.24) is 9.88 Å². The predicted octanol–water partition coefficient (Wildman–Crippen LogP) is 2.97. The maximum atomic E-state index is 12.6. The van der Waals surface area contributed by atoms with Crippen LogP contribution in [0.2, 0.25) is 0 Å². The van der Waals surface area contributed by atoms with Crippen molar-refractivity contribution in [3.63, 3.8) is 0 Å². The van der Waals surface area contributed by atoms with Crippen molar-refractivity contribution in [3.05, 3.63) is 53.7 Å². The number of pyridine rings is 1. The van der Waals surface area contributed by atoms with Gasteiger partial charge in [0.2, 0.25) is 5.88 Å². The molecule has 0 saturated carbocycles. The summed E-state index contributed by atoms with van der Waals surface area (Å²) < 4.78 is 5.73. The Morgan fingerprint density at radius 2 is 2.17 bits per heavy atom. The molecule has 0 aliphatic carbocycles. The molecule has 122 valence electrons. The zero-order valence-electron chi connectivity index (χ0n) is 13.3. The van der Waals surface area contributed by atoms with Crippen LogP contribution in [0.3, 0.4) is 0 Å². The molecule has 1 aliphatic rings. The first-order valence-electron chi connectivity index (χ1n) is 7.75. The number of thioether (sulfide) groups is 1. The molecule has 6 heteroatoms. The van der Waals surface area contributed by atoms with Gasteiger partial charge in [0, 0.05) is 11.1 Å². The summed E-state index contributed by atoms with van der Waals surface area (Å²) in [5.74, 6) is 1.28. The van der Waals surface area contributed by atoms with Crippen molar-refractivity contribution in [2.45, 2.75) is 17.9 Å². The number of amides is 1. The van der Waals surface area contributed by atoms with Gasteiger partial charge in [0.1, 0.15) is 17.7 Å². The van der Waals surface area contributed by atoms with Gasteiger partial charge in [-0.1, -0.05) is 19.1 Å². The van der Waals surface area contributed by atoms with Gasteiger partial charge < -0.3 is 9.64 Å². The van der Waals surface area contributed by atoms with Crippen LogP contribution in [0, 0.1) is 11.3 Å². The number of ether oxygens (including phenoxy) is 1. The third kappa shape index (κ3) is 3.36. The zero-order chi connectivity index (χ0) is 16.9. The van der Waals surface area contributed by atoms with Crippen molar-refractivity contribution in [3.8, 4) is 11.9 Å². The Kier molecular flexibility index (Phi) is 5.02. The molecule has 0 spiro atoms. The van der Waals surface area contributed by atoms with Gasteiger partial charge >= 0.3 is 0 Å². The average molecular weight is 339 g/mol. The Bertz CT molecular complexity index is 782. The monoisotopic (exact) mass is 339 g/mol. The van der Waals surface area contributed by atoms with E-state index in [9.17, 15) is 4.79 Å². The molecular formula is C18H17N3O2S. The molecule has 24 heavy (non-hydrogen) atoms. The lowest BCUT2D eigenvalue weighted by Gasteiger charge is -2.39. The molecule has 3 rings (SSSR count). The van der Waals surface area contributed by atoms with E-state index >= 15 is 0 Å². The first kappa shape index (κ1) is 16.3. The quantitative estimate of drug-likeness (QED) is 0.784. The second kappa shape index (κ2) is 7.37. The summed E-state index contributed by atoms with van der Waals surface area (Å²) in [6.45, 7) is 3.08. The Balaban J connectivity index is 1.63. The maximum absolute atomic E-state index is 12.6. The number of nitriles is 1. The van der Waals surface area contributed by atoms with Gasteiger partial charge in [-0.3, -0.25) is 4.79 Å². The van der Waals surface area contributed by atoms with Gasteiger partial charge in [0.25, 0.3) is 5.91 Å². The van der Waals surface area contributed by atoms with E-state index in [-0.39, 0.29) is 12.0 Å². The van der Waals surface area contributed by atoms with E-state index in [0.717, 1.165) is 16.2 Å². The molecule has 0 unspecified atom stereocenters. The number of likely N-dealkylation sites (tertiary alicyclic amines) is 1. The summed E-state index contributed by atoms with van der Waals surface area (Å²) >= 11 is 1.67. The third-order valence-corrected chi connectivity index (χ3v) is 4.68. The van der Waals surface area contributed by atoms with Gasteiger partial charge in [-0.05, 0) is 30.0 Å². The molecule has 0 atom stereocenters. The van der Waals surface area contributed by atoms with Gasteiger partial charge in [0.05, 0.1) is 18.7 Å². The van der Waals surface area contributed by atoms with Crippen molar-refractivity contribution in [2.75, 3.05) is 18.8 Å². The normalized spacial score (nSPS) is 13.9. The smallest absolute Gasteiger partial charge is 0.255 e. The predicted molar refractivity (Wildman–Crippen MR) is 92.1 cm³/mol. The summed E-state index contributed by atoms with van der Waals surface area (Å²) in [5, 5.41) is 9.06. The summed E-state index contributed by atoms with van der Waals surface area (Å²) in [5.41, 5.74) is 1.14. The van der Waals surface area contributed by atoms with Crippen molar-refractivity contribution in [1.29, 1.82) is 5.26 Å². The number of benzene rings is 1. The van der Waals surface area contributed by atoms with Gasteiger partial charge in [-0.2, -0.15) is 5.26 Å². The van der Waals surface area contributed by atoms with Crippen LogP contribution in [0.25, 0.3) is 0 Å². The Morgan fingerprint density at radius 1 is 1.38 bits per heavy atom. The van der Waals surface area contributed by atoms with Crippen LogP contribution in [-0.2, 0) is 0 Å². The standard InChI is InChI=1S/C18H17N3O2S/c1-2-24-16-8-4-3-7-15(16)18(22)21-11-14(12-21)23-17-13(10-19)6-5-9-20-17/h3-9,14H,2,11-12H2,1H3. The minimum absolute atomic E-state index is 0.0212. The number of rotatable bonds is 5. The molecule has 5 nitrogen and oxygen atoms in total. The van der Waals surface area contributed by atoms with E-state index < -0.39 is 0 Å². The van der Waals surface area contributed by atoms with E-state index in [0.29, 0.717) is 24.5 Å². The highest BCUT2D eigenvalue weighted by Gasteiger charge is 2.34. The second-order valence-electron chi connectivity index (χ2n) is 5.35. The fourth-order valence-corrected chi connectivity index (χ4v) is 3.30. The van der Waals surface area contributed by atoms with Crippen molar-refractivity contribution < 1.29 is 9.53 Å². The van der Waals surface area contributed by atoms with E-state index in [1.54, 1.807) is 35.0 Å². The summed E-state index contributed by atoms with van der Waals surface area (Å²) in [6.07, 6.45) is 1.47. The molecule has 1 aromatic carbocycles. The average Bonchev–Trinajstić information content (AvgIpc) is 2.58. The number of nitrogens with zero attached hydrogens (tertiary/aromatic N) is 3. The maximum Gasteiger partial charge on any atom is 0.255 e. The van der Waals surface area contributed by atoms with E-state index in [2.05, 4.69) is 18.0 Å². The molecule has 2 heterocycles. The molecule has 0 radical (unpaired) electrons. The van der Waals surface area contributed by atoms with Crippen LogP contribution >= 0.6 is 11.8 Å². The second-order valence-corrected chi connectivity index (χ2v) is 6.65. The number of aromatic nitrogens is 1. The highest BCUT2D eigenvalue weighted by atomic mass is 32.2. The summed E-state index contributed by atoms with van der Waals surface area (Å²) in [6, 6.07) is 13.1. The molecule has 1 amide bonds. The van der Waals surface area contributed by atoms with Gasteiger partial charge in [0.15, 0.2) is 0 Å². The summed E-state index contributed by atoms with van der Waals surface area (Å²) in [7, 11) is 0. The van der Waals surface area contributed by atoms with Crippen molar-refractivity contribution in [2.24, 2.45) is 0 Å². The molecule has 0 N–H and O–H groups in total. The molecule has 1 saturated heterocycles. The van der Waals surface area contributed by atoms with Crippen LogP contribution in [0.15, 0.2) is 47.5 Å². The van der Waals surface area contributed by atoms with Crippen molar-refractivity contribution >= 4 is 17.7 Å². The van der Waals surface area contributed by atoms with Crippen LogP contribution in [0.5, 0.6) is 5.88 Å². The van der Waals surface area contributed by atoms with Crippen LogP contribution in [0.1, 0.15) is 22.8 Å². The zero-order valence-corrected chi connectivity index (χ0v) is 14.1. The van der Waals surface area contributed by atoms with E-state index in [1.165, 1.54) is 0 Å². The number of hydrogen-bond acceptors (Lipinski definition) is 5. The molecule has 1 aromatic heterocycles. The SMILES string of the molecule is CCSc1ccccc1C(=O)N1CC(Oc2ncccc2C#N)C1. The highest BCUT2D eigenvalue weighted by molar-refractivity contribution is 7.99. The Morgan fingerprint density at radius 3 is 2.92 bits per heavy atom. The third-order valence-electron chi connectivity index (χ3n) is 3.72. The number of carbonyl (C=O) groups is 1. The number of hydrogen-bond donors (Lipinski definition) is 0. The lowest BCUT2D eigenvalue weighted by molar-refractivity contribution is 0.0156. The lowest BCUT2D eigenvalue weighted by Crippen LogP contribution is -2.56. The fraction of sp³-hybridized carbons (Fsp3) is 0.278. The summed E-state index contributed by atoms with van der Waals surface area (Å²) in [4.78, 5) is 19.5. The number of carbonyl (C=O) groups excluding carboxylic acids is 1. The Labute approximate surface area is 145 Å². The first-order chi connectivity index (χ1) is 11.7.